The number of rotatable bonds is 7. The van der Waals surface area contributed by atoms with E-state index in [-0.39, 0.29) is 12.1 Å². The standard InChI is InChI=1S/C13H21Cl2N3O/c1-4-5-16-12-10(14)7-11(15)13(18-12)17-8(2)6-9(3)19/h7-9,19H,4-6H2,1-3H3,(H2,16,17,18). The van der Waals surface area contributed by atoms with Crippen molar-refractivity contribution in [3.63, 3.8) is 0 Å². The van der Waals surface area contributed by atoms with E-state index in [1.165, 1.54) is 0 Å². The average molecular weight is 306 g/mol. The molecule has 3 N–H and O–H groups in total. The third kappa shape index (κ3) is 5.43. The summed E-state index contributed by atoms with van der Waals surface area (Å²) in [5.74, 6) is 1.21. The van der Waals surface area contributed by atoms with Crippen LogP contribution in [-0.4, -0.2) is 28.8 Å². The lowest BCUT2D eigenvalue weighted by Crippen LogP contribution is -2.21. The molecule has 1 rings (SSSR count). The van der Waals surface area contributed by atoms with Crippen LogP contribution in [0.25, 0.3) is 0 Å². The molecule has 19 heavy (non-hydrogen) atoms. The van der Waals surface area contributed by atoms with Gasteiger partial charge in [-0.05, 0) is 32.8 Å². The Bertz CT molecular complexity index is 413. The minimum Gasteiger partial charge on any atom is -0.393 e. The van der Waals surface area contributed by atoms with Crippen LogP contribution in [0, 0.1) is 0 Å². The van der Waals surface area contributed by atoms with Gasteiger partial charge in [0.1, 0.15) is 11.6 Å². The fraction of sp³-hybridized carbons (Fsp3) is 0.615. The Labute approximate surface area is 124 Å². The number of hydrogen-bond acceptors (Lipinski definition) is 4. The molecule has 0 radical (unpaired) electrons. The van der Waals surface area contributed by atoms with Gasteiger partial charge in [-0.3, -0.25) is 0 Å². The fourth-order valence-electron chi connectivity index (χ4n) is 1.74. The molecule has 0 amide bonds. The number of aliphatic hydroxyl groups excluding tert-OH is 1. The van der Waals surface area contributed by atoms with E-state index in [1.807, 2.05) is 6.92 Å². The number of anilines is 2. The average Bonchev–Trinajstić information content (AvgIpc) is 2.30. The van der Waals surface area contributed by atoms with Gasteiger partial charge in [-0.1, -0.05) is 30.1 Å². The molecule has 6 heteroatoms. The molecule has 108 valence electrons. The van der Waals surface area contributed by atoms with Gasteiger partial charge >= 0.3 is 0 Å². The van der Waals surface area contributed by atoms with E-state index < -0.39 is 0 Å². The van der Waals surface area contributed by atoms with E-state index in [0.717, 1.165) is 13.0 Å². The van der Waals surface area contributed by atoms with Gasteiger partial charge in [0.2, 0.25) is 0 Å². The Kier molecular flexibility index (Phi) is 6.69. The molecule has 0 fully saturated rings. The van der Waals surface area contributed by atoms with Gasteiger partial charge in [0.15, 0.2) is 0 Å². The lowest BCUT2D eigenvalue weighted by Gasteiger charge is -2.18. The molecule has 0 aromatic carbocycles. The highest BCUT2D eigenvalue weighted by Gasteiger charge is 2.12. The van der Waals surface area contributed by atoms with E-state index >= 15 is 0 Å². The molecule has 0 saturated heterocycles. The summed E-state index contributed by atoms with van der Waals surface area (Å²) in [4.78, 5) is 4.39. The molecule has 1 heterocycles. The van der Waals surface area contributed by atoms with E-state index in [9.17, 15) is 5.11 Å². The number of nitrogens with zero attached hydrogens (tertiary/aromatic N) is 1. The van der Waals surface area contributed by atoms with Crippen molar-refractivity contribution >= 4 is 34.8 Å². The van der Waals surface area contributed by atoms with E-state index in [2.05, 4.69) is 22.5 Å². The van der Waals surface area contributed by atoms with Crippen LogP contribution >= 0.6 is 23.2 Å². The third-order valence-corrected chi connectivity index (χ3v) is 3.13. The number of aromatic nitrogens is 1. The summed E-state index contributed by atoms with van der Waals surface area (Å²) in [5.41, 5.74) is 0. The van der Waals surface area contributed by atoms with E-state index in [1.54, 1.807) is 13.0 Å². The minimum absolute atomic E-state index is 0.0743. The predicted molar refractivity (Wildman–Crippen MR) is 82.4 cm³/mol. The van der Waals surface area contributed by atoms with Crippen molar-refractivity contribution in [1.29, 1.82) is 0 Å². The van der Waals surface area contributed by atoms with Gasteiger partial charge in [-0.15, -0.1) is 0 Å². The van der Waals surface area contributed by atoms with Crippen molar-refractivity contribution in [2.45, 2.75) is 45.8 Å². The summed E-state index contributed by atoms with van der Waals surface area (Å²) in [6.07, 6.45) is 1.24. The number of pyridine rings is 1. The molecule has 0 bridgehead atoms. The van der Waals surface area contributed by atoms with E-state index in [4.69, 9.17) is 23.2 Å². The first-order valence-electron chi connectivity index (χ1n) is 6.48. The minimum atomic E-state index is -0.369. The Morgan fingerprint density at radius 2 is 1.89 bits per heavy atom. The zero-order valence-electron chi connectivity index (χ0n) is 11.5. The largest absolute Gasteiger partial charge is 0.393 e. The first-order valence-corrected chi connectivity index (χ1v) is 7.24. The SMILES string of the molecule is CCCNc1nc(NC(C)CC(C)O)c(Cl)cc1Cl. The van der Waals surface area contributed by atoms with Crippen LogP contribution in [0.1, 0.15) is 33.6 Å². The van der Waals surface area contributed by atoms with Crippen molar-refractivity contribution in [3.05, 3.63) is 16.1 Å². The molecule has 2 unspecified atom stereocenters. The second-order valence-corrected chi connectivity index (χ2v) is 5.52. The lowest BCUT2D eigenvalue weighted by molar-refractivity contribution is 0.179. The van der Waals surface area contributed by atoms with Gasteiger partial charge in [-0.25, -0.2) is 4.98 Å². The predicted octanol–water partition coefficient (Wildman–Crippen LogP) is 3.78. The van der Waals surface area contributed by atoms with Crippen LogP contribution in [0.3, 0.4) is 0 Å². The molecule has 0 aliphatic heterocycles. The third-order valence-electron chi connectivity index (χ3n) is 2.55. The monoisotopic (exact) mass is 305 g/mol. The quantitative estimate of drug-likeness (QED) is 0.717. The maximum atomic E-state index is 9.36. The molecule has 0 aliphatic carbocycles. The summed E-state index contributed by atoms with van der Waals surface area (Å²) in [6.45, 7) is 6.60. The maximum Gasteiger partial charge on any atom is 0.147 e. The van der Waals surface area contributed by atoms with Gasteiger partial charge in [0.05, 0.1) is 16.1 Å². The van der Waals surface area contributed by atoms with Crippen LogP contribution in [0.5, 0.6) is 0 Å². The van der Waals surface area contributed by atoms with Crippen molar-refractivity contribution in [2.75, 3.05) is 17.2 Å². The van der Waals surface area contributed by atoms with Crippen molar-refractivity contribution < 1.29 is 5.11 Å². The molecule has 2 atom stereocenters. The molecule has 1 aromatic rings. The molecular weight excluding hydrogens is 285 g/mol. The zero-order valence-corrected chi connectivity index (χ0v) is 13.0. The summed E-state index contributed by atoms with van der Waals surface area (Å²) in [6, 6.07) is 1.75. The first kappa shape index (κ1) is 16.3. The fourth-order valence-corrected chi connectivity index (χ4v) is 2.22. The molecule has 4 nitrogen and oxygen atoms in total. The second-order valence-electron chi connectivity index (χ2n) is 4.71. The van der Waals surface area contributed by atoms with Crippen LogP contribution in [0.2, 0.25) is 10.0 Å². The van der Waals surface area contributed by atoms with Crippen molar-refractivity contribution in [2.24, 2.45) is 0 Å². The molecule has 0 spiro atoms. The summed E-state index contributed by atoms with van der Waals surface area (Å²) in [5, 5.41) is 16.7. The second kappa shape index (κ2) is 7.78. The topological polar surface area (TPSA) is 57.2 Å². The smallest absolute Gasteiger partial charge is 0.147 e. The van der Waals surface area contributed by atoms with Crippen LogP contribution < -0.4 is 10.6 Å². The Morgan fingerprint density at radius 1 is 1.26 bits per heavy atom. The van der Waals surface area contributed by atoms with E-state index in [0.29, 0.717) is 28.1 Å². The number of aliphatic hydroxyl groups is 1. The molecule has 0 aliphatic rings. The highest BCUT2D eigenvalue weighted by molar-refractivity contribution is 6.37. The summed E-state index contributed by atoms with van der Waals surface area (Å²) >= 11 is 12.2. The van der Waals surface area contributed by atoms with Crippen LogP contribution in [-0.2, 0) is 0 Å². The van der Waals surface area contributed by atoms with Gasteiger partial charge in [0.25, 0.3) is 0 Å². The highest BCUT2D eigenvalue weighted by Crippen LogP contribution is 2.29. The zero-order chi connectivity index (χ0) is 14.4. The number of halogens is 2. The van der Waals surface area contributed by atoms with Gasteiger partial charge < -0.3 is 15.7 Å². The van der Waals surface area contributed by atoms with Crippen molar-refractivity contribution in [1.82, 2.24) is 4.98 Å². The van der Waals surface area contributed by atoms with Crippen molar-refractivity contribution in [3.8, 4) is 0 Å². The molecule has 0 saturated carbocycles. The lowest BCUT2D eigenvalue weighted by atomic mass is 10.1. The number of hydrogen-bond donors (Lipinski definition) is 3. The van der Waals surface area contributed by atoms with Crippen LogP contribution in [0.15, 0.2) is 6.07 Å². The number of nitrogens with one attached hydrogen (secondary N) is 2. The first-order chi connectivity index (χ1) is 8.93. The highest BCUT2D eigenvalue weighted by atomic mass is 35.5. The Balaban J connectivity index is 2.81. The molecule has 1 aromatic heterocycles. The summed E-state index contributed by atoms with van der Waals surface area (Å²) in [7, 11) is 0. The Hall–Kier alpha value is -0.710. The van der Waals surface area contributed by atoms with Gasteiger partial charge in [-0.2, -0.15) is 0 Å². The molecular formula is C13H21Cl2N3O. The maximum absolute atomic E-state index is 9.36. The van der Waals surface area contributed by atoms with Gasteiger partial charge in [0, 0.05) is 12.6 Å². The van der Waals surface area contributed by atoms with Crippen LogP contribution in [0.4, 0.5) is 11.6 Å². The normalized spacial score (nSPS) is 14.0. The summed E-state index contributed by atoms with van der Waals surface area (Å²) < 4.78 is 0. The Morgan fingerprint density at radius 3 is 2.47 bits per heavy atom.